The maximum Gasteiger partial charge on any atom is 0.129 e. The van der Waals surface area contributed by atoms with Gasteiger partial charge in [0, 0.05) is 0 Å². The van der Waals surface area contributed by atoms with Crippen LogP contribution in [0.2, 0.25) is 0 Å². The van der Waals surface area contributed by atoms with Gasteiger partial charge in [0.2, 0.25) is 0 Å². The van der Waals surface area contributed by atoms with Crippen molar-refractivity contribution < 1.29 is 4.42 Å². The Morgan fingerprint density at radius 3 is 3.00 bits per heavy atom. The number of hydrogen-bond acceptors (Lipinski definition) is 1. The molecule has 0 unspecified atom stereocenters. The molecule has 1 aromatic rings. The number of allylic oxidation sites excluding steroid dienone is 1. The average Bonchev–Trinajstić information content (AvgIpc) is 2.52. The second kappa shape index (κ2) is 4.02. The van der Waals surface area contributed by atoms with Crippen LogP contribution in [0.25, 0.3) is 5.57 Å². The van der Waals surface area contributed by atoms with Crippen molar-refractivity contribution in [1.82, 2.24) is 0 Å². The van der Waals surface area contributed by atoms with Crippen molar-refractivity contribution in [3.63, 3.8) is 0 Å². The molecule has 1 rings (SSSR count). The first-order valence-electron chi connectivity index (χ1n) is 4.06. The van der Waals surface area contributed by atoms with E-state index in [1.54, 1.807) is 6.26 Å². The van der Waals surface area contributed by atoms with Gasteiger partial charge in [0.05, 0.1) is 6.26 Å². The van der Waals surface area contributed by atoms with Gasteiger partial charge in [-0.2, -0.15) is 0 Å². The lowest BCUT2D eigenvalue weighted by atomic mass is 10.1. The molecule has 0 saturated heterocycles. The summed E-state index contributed by atoms with van der Waals surface area (Å²) in [5, 5.41) is 0. The molecule has 0 radical (unpaired) electrons. The molecule has 0 bridgehead atoms. The Balaban J connectivity index is 2.43. The van der Waals surface area contributed by atoms with E-state index in [4.69, 9.17) is 4.42 Å². The number of hydrogen-bond donors (Lipinski definition) is 0. The maximum atomic E-state index is 5.19. The zero-order chi connectivity index (χ0) is 8.10. The molecular weight excluding hydrogens is 136 g/mol. The first-order chi connectivity index (χ1) is 5.34. The molecule has 0 spiro atoms. The van der Waals surface area contributed by atoms with Crippen LogP contribution in [0.1, 0.15) is 31.9 Å². The molecular formula is C10H14O. The molecule has 0 aliphatic carbocycles. The second-order valence-corrected chi connectivity index (χ2v) is 2.68. The van der Waals surface area contributed by atoms with Gasteiger partial charge in [-0.25, -0.2) is 0 Å². The van der Waals surface area contributed by atoms with Crippen molar-refractivity contribution in [2.75, 3.05) is 0 Å². The predicted molar refractivity (Wildman–Crippen MR) is 47.3 cm³/mol. The van der Waals surface area contributed by atoms with Gasteiger partial charge >= 0.3 is 0 Å². The lowest BCUT2D eigenvalue weighted by molar-refractivity contribution is 0.549. The summed E-state index contributed by atoms with van der Waals surface area (Å²) in [6.45, 7) is 6.12. The van der Waals surface area contributed by atoms with Crippen LogP contribution in [0, 0.1) is 0 Å². The van der Waals surface area contributed by atoms with Gasteiger partial charge in [-0.3, -0.25) is 0 Å². The molecule has 0 atom stereocenters. The first kappa shape index (κ1) is 8.12. The van der Waals surface area contributed by atoms with Crippen LogP contribution in [-0.2, 0) is 0 Å². The molecule has 0 saturated carbocycles. The van der Waals surface area contributed by atoms with E-state index in [0.29, 0.717) is 0 Å². The summed E-state index contributed by atoms with van der Waals surface area (Å²) in [7, 11) is 0. The van der Waals surface area contributed by atoms with E-state index in [9.17, 15) is 0 Å². The van der Waals surface area contributed by atoms with Crippen LogP contribution in [0.4, 0.5) is 0 Å². The zero-order valence-electron chi connectivity index (χ0n) is 6.97. The second-order valence-electron chi connectivity index (χ2n) is 2.68. The maximum absolute atomic E-state index is 5.19. The van der Waals surface area contributed by atoms with Gasteiger partial charge in [0.1, 0.15) is 5.76 Å². The van der Waals surface area contributed by atoms with Crippen LogP contribution < -0.4 is 0 Å². The summed E-state index contributed by atoms with van der Waals surface area (Å²) in [4.78, 5) is 0. The summed E-state index contributed by atoms with van der Waals surface area (Å²) < 4.78 is 5.19. The van der Waals surface area contributed by atoms with E-state index in [2.05, 4.69) is 13.5 Å². The molecule has 1 heteroatoms. The summed E-state index contributed by atoms with van der Waals surface area (Å²) in [6.07, 6.45) is 5.13. The minimum atomic E-state index is 0.929. The quantitative estimate of drug-likeness (QED) is 0.640. The highest BCUT2D eigenvalue weighted by Crippen LogP contribution is 2.18. The third-order valence-electron chi connectivity index (χ3n) is 1.70. The van der Waals surface area contributed by atoms with E-state index in [0.717, 1.165) is 17.8 Å². The molecule has 60 valence electrons. The summed E-state index contributed by atoms with van der Waals surface area (Å²) >= 11 is 0. The Labute approximate surface area is 67.7 Å². The van der Waals surface area contributed by atoms with Crippen LogP contribution >= 0.6 is 0 Å². The lowest BCUT2D eigenvalue weighted by Gasteiger charge is -1.98. The third kappa shape index (κ3) is 2.26. The van der Waals surface area contributed by atoms with Gasteiger partial charge in [-0.05, 0) is 30.5 Å². The van der Waals surface area contributed by atoms with Gasteiger partial charge in [0.15, 0.2) is 0 Å². The lowest BCUT2D eigenvalue weighted by Crippen LogP contribution is -1.78. The standard InChI is InChI=1S/C10H14O/c1-3-4-6-9(2)10-7-5-8-11-10/h5,7-8H,2-4,6H2,1H3. The van der Waals surface area contributed by atoms with E-state index in [1.165, 1.54) is 12.8 Å². The highest BCUT2D eigenvalue weighted by Gasteiger charge is 1.99. The normalized spacial score (nSPS) is 9.91. The number of rotatable bonds is 4. The highest BCUT2D eigenvalue weighted by atomic mass is 16.3. The predicted octanol–water partition coefficient (Wildman–Crippen LogP) is 3.48. The van der Waals surface area contributed by atoms with Gasteiger partial charge in [0.25, 0.3) is 0 Å². The molecule has 1 nitrogen and oxygen atoms in total. The third-order valence-corrected chi connectivity index (χ3v) is 1.70. The van der Waals surface area contributed by atoms with Gasteiger partial charge in [-0.1, -0.05) is 19.9 Å². The molecule has 1 heterocycles. The van der Waals surface area contributed by atoms with Gasteiger partial charge in [-0.15, -0.1) is 0 Å². The van der Waals surface area contributed by atoms with Crippen molar-refractivity contribution >= 4 is 5.57 Å². The fourth-order valence-corrected chi connectivity index (χ4v) is 0.993. The van der Waals surface area contributed by atoms with E-state index < -0.39 is 0 Å². The van der Waals surface area contributed by atoms with E-state index in [-0.39, 0.29) is 0 Å². The molecule has 0 amide bonds. The van der Waals surface area contributed by atoms with Crippen molar-refractivity contribution in [2.24, 2.45) is 0 Å². The van der Waals surface area contributed by atoms with Crippen LogP contribution in [-0.4, -0.2) is 0 Å². The molecule has 0 aromatic carbocycles. The Morgan fingerprint density at radius 2 is 2.45 bits per heavy atom. The molecule has 0 fully saturated rings. The fraction of sp³-hybridized carbons (Fsp3) is 0.400. The minimum Gasteiger partial charge on any atom is -0.465 e. The van der Waals surface area contributed by atoms with E-state index in [1.807, 2.05) is 12.1 Å². The molecule has 11 heavy (non-hydrogen) atoms. The minimum absolute atomic E-state index is 0.929. The number of unbranched alkanes of at least 4 members (excludes halogenated alkanes) is 1. The van der Waals surface area contributed by atoms with Crippen LogP contribution in [0.5, 0.6) is 0 Å². The molecule has 0 aliphatic rings. The Morgan fingerprint density at radius 1 is 1.64 bits per heavy atom. The van der Waals surface area contributed by atoms with Crippen molar-refractivity contribution in [3.8, 4) is 0 Å². The summed E-state index contributed by atoms with van der Waals surface area (Å²) in [6, 6.07) is 3.85. The summed E-state index contributed by atoms with van der Waals surface area (Å²) in [5.74, 6) is 0.929. The molecule has 0 N–H and O–H groups in total. The van der Waals surface area contributed by atoms with Crippen LogP contribution in [0.15, 0.2) is 29.4 Å². The van der Waals surface area contributed by atoms with Crippen molar-refractivity contribution in [3.05, 3.63) is 30.7 Å². The molecule has 0 aliphatic heterocycles. The highest BCUT2D eigenvalue weighted by molar-refractivity contribution is 5.58. The fourth-order valence-electron chi connectivity index (χ4n) is 0.993. The Kier molecular flexibility index (Phi) is 2.96. The average molecular weight is 150 g/mol. The first-order valence-corrected chi connectivity index (χ1v) is 4.06. The van der Waals surface area contributed by atoms with Crippen molar-refractivity contribution in [1.29, 1.82) is 0 Å². The number of furan rings is 1. The summed E-state index contributed by atoms with van der Waals surface area (Å²) in [5.41, 5.74) is 1.11. The van der Waals surface area contributed by atoms with Gasteiger partial charge < -0.3 is 4.42 Å². The monoisotopic (exact) mass is 150 g/mol. The van der Waals surface area contributed by atoms with Crippen LogP contribution in [0.3, 0.4) is 0 Å². The van der Waals surface area contributed by atoms with E-state index >= 15 is 0 Å². The largest absolute Gasteiger partial charge is 0.465 e. The smallest absolute Gasteiger partial charge is 0.129 e. The van der Waals surface area contributed by atoms with Crippen molar-refractivity contribution in [2.45, 2.75) is 26.2 Å². The zero-order valence-corrected chi connectivity index (χ0v) is 6.97. The SMILES string of the molecule is C=C(CCCC)c1ccco1. The molecule has 1 aromatic heterocycles. The topological polar surface area (TPSA) is 13.1 Å². The Bertz CT molecular complexity index is 209. The Hall–Kier alpha value is -0.980.